The number of rotatable bonds is 15. The minimum Gasteiger partial charge on any atom is -0.386 e. The maximum atomic E-state index is 10.9. The van der Waals surface area contributed by atoms with Gasteiger partial charge in [0.2, 0.25) is 6.04 Å². The number of aldehydes is 1. The third-order valence-electron chi connectivity index (χ3n) is 3.67. The molecule has 0 bridgehead atoms. The van der Waals surface area contributed by atoms with Gasteiger partial charge in [-0.15, -0.1) is 0 Å². The summed E-state index contributed by atoms with van der Waals surface area (Å²) in [6.07, 6.45) is 26.8. The number of nitrogens with zero attached hydrogens (tertiary/aromatic N) is 1. The number of aliphatic hydroxyl groups excluding tert-OH is 1. The Kier molecular flexibility index (Phi) is 16.6. The molecule has 0 aliphatic rings. The zero-order valence-electron chi connectivity index (χ0n) is 16.0. The van der Waals surface area contributed by atoms with Gasteiger partial charge < -0.3 is 9.90 Å². The van der Waals surface area contributed by atoms with Gasteiger partial charge in [0.25, 0.3) is 0 Å². The van der Waals surface area contributed by atoms with Gasteiger partial charge in [0, 0.05) is 17.8 Å². The fraction of sp³-hybridized carbons (Fsp3) is 0.409. The molecule has 0 spiro atoms. The number of hydrogen-bond donors (Lipinski definition) is 1. The number of nitro groups is 1. The van der Waals surface area contributed by atoms with Gasteiger partial charge in [0.15, 0.2) is 0 Å². The molecule has 27 heavy (non-hydrogen) atoms. The first-order valence-corrected chi connectivity index (χ1v) is 9.33. The number of carbonyl (C=O) groups excluding carboxylic acids is 1. The Labute approximate surface area is 162 Å². The van der Waals surface area contributed by atoms with Crippen molar-refractivity contribution in [2.24, 2.45) is 0 Å². The molecule has 0 fully saturated rings. The molecule has 2 atom stereocenters. The lowest BCUT2D eigenvalue weighted by atomic mass is 10.1. The summed E-state index contributed by atoms with van der Waals surface area (Å²) >= 11 is 0. The Morgan fingerprint density at radius 2 is 1.41 bits per heavy atom. The zero-order valence-corrected chi connectivity index (χ0v) is 16.0. The van der Waals surface area contributed by atoms with E-state index in [1.807, 2.05) is 66.8 Å². The highest BCUT2D eigenvalue weighted by molar-refractivity contribution is 5.49. The molecule has 1 N–H and O–H groups in total. The normalized spacial score (nSPS) is 15.2. The van der Waals surface area contributed by atoms with Crippen LogP contribution < -0.4 is 0 Å². The first kappa shape index (κ1) is 24.5. The van der Waals surface area contributed by atoms with Gasteiger partial charge in [-0.05, 0) is 25.7 Å². The monoisotopic (exact) mass is 373 g/mol. The largest absolute Gasteiger partial charge is 0.386 e. The van der Waals surface area contributed by atoms with Crippen molar-refractivity contribution in [3.05, 3.63) is 83.0 Å². The quantitative estimate of drug-likeness (QED) is 0.111. The molecule has 0 rings (SSSR count). The van der Waals surface area contributed by atoms with E-state index in [9.17, 15) is 20.0 Å². The Morgan fingerprint density at radius 1 is 0.852 bits per heavy atom. The molecule has 0 aliphatic carbocycles. The van der Waals surface area contributed by atoms with Crippen molar-refractivity contribution < 1.29 is 14.8 Å². The number of carbonyl (C=O) groups is 1. The molecule has 5 heteroatoms. The van der Waals surface area contributed by atoms with Gasteiger partial charge in [-0.1, -0.05) is 79.8 Å². The van der Waals surface area contributed by atoms with E-state index in [-0.39, 0.29) is 6.42 Å². The van der Waals surface area contributed by atoms with Crippen LogP contribution >= 0.6 is 0 Å². The predicted molar refractivity (Wildman–Crippen MR) is 111 cm³/mol. The lowest BCUT2D eigenvalue weighted by Crippen LogP contribution is -2.32. The molecule has 0 saturated carbocycles. The van der Waals surface area contributed by atoms with Crippen molar-refractivity contribution in [1.82, 2.24) is 0 Å². The molecule has 0 aromatic carbocycles. The van der Waals surface area contributed by atoms with Crippen LogP contribution in [-0.2, 0) is 4.79 Å². The molecular formula is C22H31NO4. The summed E-state index contributed by atoms with van der Waals surface area (Å²) in [5, 5.41) is 20.5. The van der Waals surface area contributed by atoms with E-state index in [1.54, 1.807) is 13.0 Å². The van der Waals surface area contributed by atoms with Crippen LogP contribution in [0.2, 0.25) is 0 Å². The average molecular weight is 373 g/mol. The third-order valence-corrected chi connectivity index (χ3v) is 3.67. The molecule has 0 radical (unpaired) electrons. The Bertz CT molecular complexity index is 571. The van der Waals surface area contributed by atoms with E-state index in [0.717, 1.165) is 19.1 Å². The van der Waals surface area contributed by atoms with Crippen LogP contribution in [0.15, 0.2) is 72.9 Å². The average Bonchev–Trinajstić information content (AvgIpc) is 2.66. The molecular weight excluding hydrogens is 342 g/mol. The molecule has 0 aliphatic heterocycles. The van der Waals surface area contributed by atoms with Crippen LogP contribution in [-0.4, -0.2) is 28.5 Å². The van der Waals surface area contributed by atoms with Crippen molar-refractivity contribution in [2.45, 2.75) is 57.6 Å². The molecule has 5 nitrogen and oxygen atoms in total. The maximum Gasteiger partial charge on any atom is 0.241 e. The standard InChI is InChI=1S/C22H31NO4/c1-2-22(25)21(23(26)27)19-17-15-13-11-9-7-5-3-4-6-8-10-12-14-16-18-20-24/h3-9,11-12,14-15,17,20-22,25H,2,10,13,16,18-19H2,1H3/b4-3-,7-5-,8-6-,11-9-,14-12-,17-15-. The molecule has 0 aromatic rings. The summed E-state index contributed by atoms with van der Waals surface area (Å²) < 4.78 is 0. The van der Waals surface area contributed by atoms with E-state index in [0.29, 0.717) is 19.3 Å². The molecule has 0 amide bonds. The SMILES string of the molecule is CCC(O)C(C/C=C\C\C=C/C=C\C=C/C=C\C/C=C\CCC=O)[N+](=O)[O-]. The van der Waals surface area contributed by atoms with Crippen LogP contribution in [0.4, 0.5) is 0 Å². The molecule has 0 aromatic heterocycles. The molecule has 0 saturated heterocycles. The van der Waals surface area contributed by atoms with Gasteiger partial charge >= 0.3 is 0 Å². The van der Waals surface area contributed by atoms with E-state index in [4.69, 9.17) is 0 Å². The van der Waals surface area contributed by atoms with Gasteiger partial charge in [-0.3, -0.25) is 10.1 Å². The first-order chi connectivity index (χ1) is 13.1. The van der Waals surface area contributed by atoms with Crippen LogP contribution in [0.5, 0.6) is 0 Å². The van der Waals surface area contributed by atoms with E-state index in [2.05, 4.69) is 0 Å². The summed E-state index contributed by atoms with van der Waals surface area (Å²) in [4.78, 5) is 20.6. The van der Waals surface area contributed by atoms with Crippen molar-refractivity contribution >= 4 is 6.29 Å². The van der Waals surface area contributed by atoms with E-state index >= 15 is 0 Å². The van der Waals surface area contributed by atoms with Crippen LogP contribution in [0, 0.1) is 10.1 Å². The maximum absolute atomic E-state index is 10.9. The highest BCUT2D eigenvalue weighted by atomic mass is 16.6. The van der Waals surface area contributed by atoms with Crippen LogP contribution in [0.1, 0.15) is 45.4 Å². The second kappa shape index (κ2) is 18.3. The Hall–Kier alpha value is -2.53. The predicted octanol–water partition coefficient (Wildman–Crippen LogP) is 4.89. The van der Waals surface area contributed by atoms with Crippen molar-refractivity contribution in [2.75, 3.05) is 0 Å². The summed E-state index contributed by atoms with van der Waals surface area (Å²) in [7, 11) is 0. The first-order valence-electron chi connectivity index (χ1n) is 9.33. The second-order valence-corrected chi connectivity index (χ2v) is 5.85. The number of allylic oxidation sites excluding steroid dienone is 11. The molecule has 148 valence electrons. The van der Waals surface area contributed by atoms with Crippen LogP contribution in [0.3, 0.4) is 0 Å². The van der Waals surface area contributed by atoms with Crippen molar-refractivity contribution in [1.29, 1.82) is 0 Å². The summed E-state index contributed by atoms with van der Waals surface area (Å²) in [6, 6.07) is -0.930. The number of hydrogen-bond acceptors (Lipinski definition) is 4. The number of unbranched alkanes of at least 4 members (excludes halogenated alkanes) is 1. The van der Waals surface area contributed by atoms with Gasteiger partial charge in [-0.25, -0.2) is 0 Å². The van der Waals surface area contributed by atoms with Gasteiger partial charge in [0.05, 0.1) is 0 Å². The summed E-state index contributed by atoms with van der Waals surface area (Å²) in [6.45, 7) is 1.74. The topological polar surface area (TPSA) is 80.4 Å². The highest BCUT2D eigenvalue weighted by Crippen LogP contribution is 2.08. The summed E-state index contributed by atoms with van der Waals surface area (Å²) in [5.74, 6) is 0. The minimum atomic E-state index is -0.930. The minimum absolute atomic E-state index is 0.243. The van der Waals surface area contributed by atoms with Crippen LogP contribution in [0.25, 0.3) is 0 Å². The second-order valence-electron chi connectivity index (χ2n) is 5.85. The molecule has 0 heterocycles. The highest BCUT2D eigenvalue weighted by Gasteiger charge is 2.26. The van der Waals surface area contributed by atoms with Gasteiger partial charge in [0.1, 0.15) is 12.4 Å². The van der Waals surface area contributed by atoms with E-state index in [1.165, 1.54) is 0 Å². The summed E-state index contributed by atoms with van der Waals surface area (Å²) in [5.41, 5.74) is 0. The van der Waals surface area contributed by atoms with Crippen molar-refractivity contribution in [3.63, 3.8) is 0 Å². The fourth-order valence-corrected chi connectivity index (χ4v) is 2.09. The van der Waals surface area contributed by atoms with E-state index < -0.39 is 17.1 Å². The third kappa shape index (κ3) is 15.4. The van der Waals surface area contributed by atoms with Gasteiger partial charge in [-0.2, -0.15) is 0 Å². The Morgan fingerprint density at radius 3 is 1.93 bits per heavy atom. The lowest BCUT2D eigenvalue weighted by Gasteiger charge is -2.12. The Balaban J connectivity index is 3.93. The molecule has 2 unspecified atom stereocenters. The fourth-order valence-electron chi connectivity index (χ4n) is 2.09. The lowest BCUT2D eigenvalue weighted by molar-refractivity contribution is -0.533. The number of aliphatic hydroxyl groups is 1. The smallest absolute Gasteiger partial charge is 0.241 e. The zero-order chi connectivity index (χ0) is 20.2. The van der Waals surface area contributed by atoms with Crippen molar-refractivity contribution in [3.8, 4) is 0 Å².